The lowest BCUT2D eigenvalue weighted by Gasteiger charge is -2.16. The van der Waals surface area contributed by atoms with E-state index in [9.17, 15) is 0 Å². The van der Waals surface area contributed by atoms with Gasteiger partial charge in [0, 0.05) is 17.8 Å². The molecule has 1 N–H and O–H groups in total. The second-order valence-corrected chi connectivity index (χ2v) is 5.86. The van der Waals surface area contributed by atoms with Crippen molar-refractivity contribution >= 4 is 5.82 Å². The molecule has 0 atom stereocenters. The van der Waals surface area contributed by atoms with Crippen LogP contribution in [0.5, 0.6) is 0 Å². The molecule has 1 aromatic heterocycles. The minimum absolute atomic E-state index is 0.563. The summed E-state index contributed by atoms with van der Waals surface area (Å²) in [4.78, 5) is 9.02. The summed E-state index contributed by atoms with van der Waals surface area (Å²) in [6.45, 7) is 4.13. The summed E-state index contributed by atoms with van der Waals surface area (Å²) in [5, 5.41) is 3.63. The van der Waals surface area contributed by atoms with Crippen LogP contribution in [0, 0.1) is 6.92 Å². The number of hydrogen-bond donors (Lipinski definition) is 1. The molecule has 1 aliphatic carbocycles. The first-order chi connectivity index (χ1) is 10.3. The molecule has 0 bridgehead atoms. The average molecular weight is 281 g/mol. The van der Waals surface area contributed by atoms with Gasteiger partial charge in [-0.1, -0.05) is 44.0 Å². The quantitative estimate of drug-likeness (QED) is 0.904. The van der Waals surface area contributed by atoms with Gasteiger partial charge in [0.25, 0.3) is 0 Å². The molecule has 3 heteroatoms. The topological polar surface area (TPSA) is 37.8 Å². The fraction of sp³-hybridized carbons (Fsp3) is 0.444. The highest BCUT2D eigenvalue weighted by molar-refractivity contribution is 5.74. The van der Waals surface area contributed by atoms with Gasteiger partial charge in [-0.2, -0.15) is 0 Å². The Kier molecular flexibility index (Phi) is 4.18. The molecule has 0 spiro atoms. The summed E-state index contributed by atoms with van der Waals surface area (Å²) in [5.74, 6) is 1.81. The van der Waals surface area contributed by atoms with Gasteiger partial charge in [-0.3, -0.25) is 0 Å². The van der Waals surface area contributed by atoms with Crippen LogP contribution in [-0.2, 0) is 6.42 Å². The van der Waals surface area contributed by atoms with Crippen LogP contribution in [0.1, 0.15) is 44.0 Å². The van der Waals surface area contributed by atoms with E-state index in [1.807, 2.05) is 13.1 Å². The van der Waals surface area contributed by atoms with E-state index >= 15 is 0 Å². The van der Waals surface area contributed by atoms with Crippen LogP contribution in [0.3, 0.4) is 0 Å². The maximum absolute atomic E-state index is 4.63. The molecule has 0 amide bonds. The van der Waals surface area contributed by atoms with Gasteiger partial charge < -0.3 is 5.32 Å². The lowest BCUT2D eigenvalue weighted by atomic mass is 10.0. The van der Waals surface area contributed by atoms with Gasteiger partial charge in [-0.15, -0.1) is 0 Å². The molecule has 2 aromatic rings. The van der Waals surface area contributed by atoms with E-state index < -0.39 is 0 Å². The summed E-state index contributed by atoms with van der Waals surface area (Å²) >= 11 is 0. The zero-order valence-electron chi connectivity index (χ0n) is 12.9. The Balaban J connectivity index is 1.92. The Bertz CT molecular complexity index is 598. The summed E-state index contributed by atoms with van der Waals surface area (Å²) in [7, 11) is 0. The zero-order chi connectivity index (χ0) is 14.7. The summed E-state index contributed by atoms with van der Waals surface area (Å²) < 4.78 is 0. The summed E-state index contributed by atoms with van der Waals surface area (Å²) in [6, 6.07) is 9.29. The number of aryl methyl sites for hydroxylation is 2. The lowest BCUT2D eigenvalue weighted by Crippen LogP contribution is -2.16. The van der Waals surface area contributed by atoms with Crippen molar-refractivity contribution in [3.05, 3.63) is 41.9 Å². The van der Waals surface area contributed by atoms with Crippen LogP contribution in [0.25, 0.3) is 11.1 Å². The Hall–Kier alpha value is -1.90. The van der Waals surface area contributed by atoms with E-state index in [1.54, 1.807) is 0 Å². The van der Waals surface area contributed by atoms with E-state index in [4.69, 9.17) is 0 Å². The van der Waals surface area contributed by atoms with Crippen LogP contribution in [-0.4, -0.2) is 16.0 Å². The van der Waals surface area contributed by atoms with Crippen molar-refractivity contribution in [1.29, 1.82) is 0 Å². The number of aromatic nitrogens is 2. The number of nitrogens with zero attached hydrogens (tertiary/aromatic N) is 2. The van der Waals surface area contributed by atoms with Gasteiger partial charge in [-0.05, 0) is 37.3 Å². The predicted octanol–water partition coefficient (Wildman–Crippen LogP) is 4.37. The van der Waals surface area contributed by atoms with E-state index in [2.05, 4.69) is 46.5 Å². The van der Waals surface area contributed by atoms with E-state index in [0.717, 1.165) is 23.6 Å². The molecule has 1 fully saturated rings. The molecule has 0 radical (unpaired) electrons. The minimum atomic E-state index is 0.563. The van der Waals surface area contributed by atoms with Crippen LogP contribution in [0.2, 0.25) is 0 Å². The zero-order valence-corrected chi connectivity index (χ0v) is 12.9. The van der Waals surface area contributed by atoms with Crippen molar-refractivity contribution in [2.45, 2.75) is 52.0 Å². The molecule has 1 heterocycles. The van der Waals surface area contributed by atoms with Crippen molar-refractivity contribution in [2.75, 3.05) is 5.32 Å². The van der Waals surface area contributed by atoms with Gasteiger partial charge in [0.05, 0.1) is 0 Å². The Labute approximate surface area is 126 Å². The van der Waals surface area contributed by atoms with Crippen molar-refractivity contribution in [3.8, 4) is 11.1 Å². The number of rotatable bonds is 4. The normalized spacial score (nSPS) is 15.3. The van der Waals surface area contributed by atoms with Crippen molar-refractivity contribution in [1.82, 2.24) is 9.97 Å². The first-order valence-corrected chi connectivity index (χ1v) is 7.95. The van der Waals surface area contributed by atoms with Crippen molar-refractivity contribution in [2.24, 2.45) is 0 Å². The van der Waals surface area contributed by atoms with Gasteiger partial charge in [-0.25, -0.2) is 9.97 Å². The second kappa shape index (κ2) is 6.25. The van der Waals surface area contributed by atoms with Gasteiger partial charge in [0.2, 0.25) is 0 Å². The molecule has 0 saturated heterocycles. The van der Waals surface area contributed by atoms with Crippen LogP contribution < -0.4 is 5.32 Å². The van der Waals surface area contributed by atoms with Crippen LogP contribution in [0.15, 0.2) is 30.5 Å². The third kappa shape index (κ3) is 3.23. The molecule has 3 nitrogen and oxygen atoms in total. The number of anilines is 1. The van der Waals surface area contributed by atoms with Crippen molar-refractivity contribution < 1.29 is 0 Å². The third-order valence-corrected chi connectivity index (χ3v) is 4.28. The maximum atomic E-state index is 4.63. The molecule has 0 unspecified atom stereocenters. The largest absolute Gasteiger partial charge is 0.367 e. The lowest BCUT2D eigenvalue weighted by molar-refractivity contribution is 0.749. The molecule has 1 aromatic carbocycles. The first-order valence-electron chi connectivity index (χ1n) is 7.95. The highest BCUT2D eigenvalue weighted by Gasteiger charge is 2.17. The fourth-order valence-corrected chi connectivity index (χ4v) is 2.97. The SMILES string of the molecule is CCc1ccc(-c2cnc(C)nc2NC2CCCC2)cc1. The summed E-state index contributed by atoms with van der Waals surface area (Å²) in [6.07, 6.45) is 8.15. The maximum Gasteiger partial charge on any atom is 0.137 e. The van der Waals surface area contributed by atoms with Crippen molar-refractivity contribution in [3.63, 3.8) is 0 Å². The number of nitrogens with one attached hydrogen (secondary N) is 1. The van der Waals surface area contributed by atoms with E-state index in [-0.39, 0.29) is 0 Å². The molecular formula is C18H23N3. The minimum Gasteiger partial charge on any atom is -0.367 e. The third-order valence-electron chi connectivity index (χ3n) is 4.28. The molecule has 21 heavy (non-hydrogen) atoms. The number of benzene rings is 1. The number of hydrogen-bond acceptors (Lipinski definition) is 3. The Morgan fingerprint density at radius 1 is 1.14 bits per heavy atom. The van der Waals surface area contributed by atoms with E-state index in [1.165, 1.54) is 36.8 Å². The smallest absolute Gasteiger partial charge is 0.137 e. The van der Waals surface area contributed by atoms with Gasteiger partial charge >= 0.3 is 0 Å². The summed E-state index contributed by atoms with van der Waals surface area (Å²) in [5.41, 5.74) is 3.65. The van der Waals surface area contributed by atoms with Gasteiger partial charge in [0.15, 0.2) is 0 Å². The standard InChI is InChI=1S/C18H23N3/c1-3-14-8-10-15(11-9-14)17-12-19-13(2)20-18(17)21-16-6-4-5-7-16/h8-12,16H,3-7H2,1-2H3,(H,19,20,21). The fourth-order valence-electron chi connectivity index (χ4n) is 2.97. The molecule has 0 aliphatic heterocycles. The average Bonchev–Trinajstić information content (AvgIpc) is 3.01. The monoisotopic (exact) mass is 281 g/mol. The van der Waals surface area contributed by atoms with Crippen LogP contribution in [0.4, 0.5) is 5.82 Å². The molecule has 3 rings (SSSR count). The highest BCUT2D eigenvalue weighted by Crippen LogP contribution is 2.29. The Morgan fingerprint density at radius 2 is 1.86 bits per heavy atom. The second-order valence-electron chi connectivity index (χ2n) is 5.86. The van der Waals surface area contributed by atoms with Gasteiger partial charge in [0.1, 0.15) is 11.6 Å². The highest BCUT2D eigenvalue weighted by atomic mass is 15.1. The first kappa shape index (κ1) is 14.1. The molecular weight excluding hydrogens is 258 g/mol. The molecule has 110 valence electrons. The predicted molar refractivity (Wildman–Crippen MR) is 87.5 cm³/mol. The van der Waals surface area contributed by atoms with Crippen LogP contribution >= 0.6 is 0 Å². The molecule has 1 aliphatic rings. The molecule has 1 saturated carbocycles. The Morgan fingerprint density at radius 3 is 2.52 bits per heavy atom. The van der Waals surface area contributed by atoms with E-state index in [0.29, 0.717) is 6.04 Å².